The van der Waals surface area contributed by atoms with Crippen molar-refractivity contribution in [2.24, 2.45) is 0 Å². The number of hydrogen-bond acceptors (Lipinski definition) is 5. The second-order valence-corrected chi connectivity index (χ2v) is 17.8. The molecule has 1 heterocycles. The first-order valence-corrected chi connectivity index (χ1v) is 17.2. The van der Waals surface area contributed by atoms with Crippen LogP contribution in [0.25, 0.3) is 0 Å². The molecule has 7 heteroatoms. The number of ether oxygens (including phenoxy) is 1. The van der Waals surface area contributed by atoms with Gasteiger partial charge in [0, 0.05) is 13.1 Å². The Morgan fingerprint density at radius 2 is 1.47 bits per heavy atom. The number of rotatable bonds is 10. The summed E-state index contributed by atoms with van der Waals surface area (Å²) in [4.78, 5) is 15.5. The Balaban J connectivity index is 1.75. The third-order valence-corrected chi connectivity index (χ3v) is 13.2. The predicted octanol–water partition coefficient (Wildman–Crippen LogP) is 6.78. The summed E-state index contributed by atoms with van der Waals surface area (Å²) >= 11 is 0. The van der Waals surface area contributed by atoms with E-state index >= 15 is 0 Å². The predicted molar refractivity (Wildman–Crippen MR) is 176 cm³/mol. The van der Waals surface area contributed by atoms with E-state index in [1.165, 1.54) is 15.4 Å². The Bertz CT molecular complexity index is 1280. The number of likely N-dealkylation sites (tertiary alicyclic amines) is 1. The third-order valence-electron chi connectivity index (χ3n) is 8.12. The number of carbonyl (C=O) groups is 1. The molecule has 0 unspecified atom stereocenters. The molecule has 1 N–H and O–H groups in total. The molecule has 6 nitrogen and oxygen atoms in total. The third kappa shape index (κ3) is 7.65. The van der Waals surface area contributed by atoms with Crippen LogP contribution in [0.5, 0.6) is 0 Å². The molecule has 1 aliphatic heterocycles. The molecule has 3 aromatic rings. The molecule has 1 aliphatic rings. The molecule has 3 aromatic carbocycles. The van der Waals surface area contributed by atoms with E-state index in [2.05, 4.69) is 75.9 Å². The van der Waals surface area contributed by atoms with Crippen molar-refractivity contribution in [1.82, 2.24) is 9.96 Å². The van der Waals surface area contributed by atoms with Gasteiger partial charge in [-0.25, -0.2) is 4.79 Å². The Morgan fingerprint density at radius 3 is 1.93 bits per heavy atom. The van der Waals surface area contributed by atoms with Crippen LogP contribution in [0.15, 0.2) is 104 Å². The fourth-order valence-corrected chi connectivity index (χ4v) is 11.0. The molecular weight excluding hydrogens is 552 g/mol. The standard InChI is InChI=1S/C36H48N2O4Si/c1-8-18-32(38(40)26-28-19-12-9-13-20-28)33-25-29(27-37(33)34(39)41-35(2,3)4)42-43(36(5,6)7,30-21-14-10-15-22-30)31-23-16-11-17-24-31/h8-17,19-24,29,32-33,40H,1,18,25-27H2,2-7H3/t29-,32-,33+/m1/s1. The maximum atomic E-state index is 13.7. The van der Waals surface area contributed by atoms with Crippen LogP contribution < -0.4 is 10.4 Å². The zero-order valence-corrected chi connectivity index (χ0v) is 27.6. The number of nitrogens with zero attached hydrogens (tertiary/aromatic N) is 2. The van der Waals surface area contributed by atoms with E-state index in [1.807, 2.05) is 69.3 Å². The SMILES string of the molecule is C=CC[C@H]([C@@H]1C[C@@H](O[Si](c2ccccc2)(c2ccccc2)C(C)(C)C)CN1C(=O)OC(C)(C)C)N(O)Cc1ccccc1. The van der Waals surface area contributed by atoms with Gasteiger partial charge in [0.05, 0.1) is 18.2 Å². The summed E-state index contributed by atoms with van der Waals surface area (Å²) in [7, 11) is -2.87. The molecule has 1 amide bonds. The fraction of sp³-hybridized carbons (Fsp3) is 0.417. The first-order chi connectivity index (χ1) is 20.4. The van der Waals surface area contributed by atoms with Gasteiger partial charge < -0.3 is 19.3 Å². The van der Waals surface area contributed by atoms with Gasteiger partial charge in [-0.3, -0.25) is 0 Å². The molecule has 4 rings (SSSR count). The Hall–Kier alpha value is -3.23. The highest BCUT2D eigenvalue weighted by molar-refractivity contribution is 6.99. The van der Waals surface area contributed by atoms with Crippen LogP contribution in [-0.2, 0) is 15.7 Å². The molecule has 0 bridgehead atoms. The lowest BCUT2D eigenvalue weighted by Crippen LogP contribution is -2.67. The van der Waals surface area contributed by atoms with Crippen LogP contribution in [0.1, 0.15) is 59.9 Å². The minimum Gasteiger partial charge on any atom is -0.444 e. The smallest absolute Gasteiger partial charge is 0.410 e. The lowest BCUT2D eigenvalue weighted by Gasteiger charge is -2.44. The second kappa shape index (κ2) is 13.6. The summed E-state index contributed by atoms with van der Waals surface area (Å²) in [6.45, 7) is 17.1. The van der Waals surface area contributed by atoms with Crippen molar-refractivity contribution in [3.63, 3.8) is 0 Å². The molecule has 0 aromatic heterocycles. The Labute approximate surface area is 259 Å². The van der Waals surface area contributed by atoms with Crippen LogP contribution >= 0.6 is 0 Å². The van der Waals surface area contributed by atoms with Crippen LogP contribution in [0.2, 0.25) is 5.04 Å². The molecule has 0 spiro atoms. The second-order valence-electron chi connectivity index (χ2n) is 13.5. The molecule has 0 aliphatic carbocycles. The summed E-state index contributed by atoms with van der Waals surface area (Å²) < 4.78 is 13.4. The van der Waals surface area contributed by atoms with Crippen molar-refractivity contribution in [3.05, 3.63) is 109 Å². The van der Waals surface area contributed by atoms with Gasteiger partial charge in [-0.05, 0) is 54.6 Å². The van der Waals surface area contributed by atoms with Crippen molar-refractivity contribution in [2.75, 3.05) is 6.54 Å². The Morgan fingerprint density at radius 1 is 0.953 bits per heavy atom. The number of hydroxylamine groups is 2. The zero-order chi connectivity index (χ0) is 31.3. The topological polar surface area (TPSA) is 62.2 Å². The summed E-state index contributed by atoms with van der Waals surface area (Å²) in [6, 6.07) is 30.2. The van der Waals surface area contributed by atoms with Gasteiger partial charge in [-0.2, -0.15) is 5.06 Å². The maximum absolute atomic E-state index is 13.7. The van der Waals surface area contributed by atoms with Crippen molar-refractivity contribution in [2.45, 2.75) is 89.8 Å². The van der Waals surface area contributed by atoms with Gasteiger partial charge in [-0.15, -0.1) is 6.58 Å². The van der Waals surface area contributed by atoms with Gasteiger partial charge in [0.2, 0.25) is 0 Å². The Kier molecular flexibility index (Phi) is 10.3. The van der Waals surface area contributed by atoms with Gasteiger partial charge >= 0.3 is 6.09 Å². The largest absolute Gasteiger partial charge is 0.444 e. The summed E-state index contributed by atoms with van der Waals surface area (Å²) in [5.74, 6) is 0. The lowest BCUT2D eigenvalue weighted by molar-refractivity contribution is -0.149. The van der Waals surface area contributed by atoms with Crippen LogP contribution in [0, 0.1) is 0 Å². The number of carbonyl (C=O) groups excluding carboxylic acids is 1. The highest BCUT2D eigenvalue weighted by atomic mass is 28.4. The van der Waals surface area contributed by atoms with E-state index in [4.69, 9.17) is 9.16 Å². The van der Waals surface area contributed by atoms with Gasteiger partial charge in [0.25, 0.3) is 8.32 Å². The molecule has 0 radical (unpaired) electrons. The summed E-state index contributed by atoms with van der Waals surface area (Å²) in [5.41, 5.74) is 0.330. The van der Waals surface area contributed by atoms with E-state index in [0.29, 0.717) is 25.9 Å². The minimum absolute atomic E-state index is 0.207. The normalized spacial score (nSPS) is 18.5. The zero-order valence-electron chi connectivity index (χ0n) is 26.6. The summed E-state index contributed by atoms with van der Waals surface area (Å²) in [5, 5.41) is 15.0. The molecule has 1 fully saturated rings. The molecule has 3 atom stereocenters. The molecular formula is C36H48N2O4Si. The maximum Gasteiger partial charge on any atom is 0.410 e. The number of benzene rings is 3. The summed E-state index contributed by atoms with van der Waals surface area (Å²) in [6.07, 6.45) is 2.21. The first kappa shape index (κ1) is 32.7. The average Bonchev–Trinajstić information content (AvgIpc) is 3.38. The quantitative estimate of drug-likeness (QED) is 0.158. The van der Waals surface area contributed by atoms with Crippen molar-refractivity contribution >= 4 is 24.8 Å². The molecule has 43 heavy (non-hydrogen) atoms. The van der Waals surface area contributed by atoms with E-state index < -0.39 is 26.1 Å². The highest BCUT2D eigenvalue weighted by Gasteiger charge is 2.54. The monoisotopic (exact) mass is 600 g/mol. The van der Waals surface area contributed by atoms with Crippen LogP contribution in [-0.4, -0.2) is 59.9 Å². The van der Waals surface area contributed by atoms with Crippen molar-refractivity contribution in [1.29, 1.82) is 0 Å². The van der Waals surface area contributed by atoms with Crippen LogP contribution in [0.3, 0.4) is 0 Å². The first-order valence-electron chi connectivity index (χ1n) is 15.2. The van der Waals surface area contributed by atoms with E-state index in [0.717, 1.165) is 5.56 Å². The van der Waals surface area contributed by atoms with Gasteiger partial charge in [-0.1, -0.05) is 118 Å². The van der Waals surface area contributed by atoms with E-state index in [1.54, 1.807) is 4.90 Å². The molecule has 1 saturated heterocycles. The van der Waals surface area contributed by atoms with E-state index in [-0.39, 0.29) is 17.2 Å². The molecule has 0 saturated carbocycles. The lowest BCUT2D eigenvalue weighted by atomic mass is 10.0. The number of hydrogen-bond donors (Lipinski definition) is 1. The highest BCUT2D eigenvalue weighted by Crippen LogP contribution is 2.40. The van der Waals surface area contributed by atoms with Gasteiger partial charge in [0.15, 0.2) is 0 Å². The van der Waals surface area contributed by atoms with Crippen LogP contribution in [0.4, 0.5) is 4.79 Å². The van der Waals surface area contributed by atoms with Gasteiger partial charge in [0.1, 0.15) is 5.60 Å². The van der Waals surface area contributed by atoms with E-state index in [9.17, 15) is 10.0 Å². The molecule has 230 valence electrons. The average molecular weight is 601 g/mol. The van der Waals surface area contributed by atoms with Crippen molar-refractivity contribution in [3.8, 4) is 0 Å². The minimum atomic E-state index is -2.87. The van der Waals surface area contributed by atoms with Crippen molar-refractivity contribution < 1.29 is 19.2 Å². The fourth-order valence-electron chi connectivity index (χ4n) is 6.28. The number of amides is 1.